The molecule has 5 rings (SSSR count). The van der Waals surface area contributed by atoms with Gasteiger partial charge in [0.15, 0.2) is 6.04 Å². The number of aromatic hydroxyl groups is 1. The van der Waals surface area contributed by atoms with Crippen LogP contribution in [0.5, 0.6) is 5.88 Å². The van der Waals surface area contributed by atoms with E-state index < -0.39 is 17.3 Å². The Balaban J connectivity index is 1.80. The third-order valence-electron chi connectivity index (χ3n) is 6.62. The number of hydrogen-bond acceptors (Lipinski definition) is 3. The van der Waals surface area contributed by atoms with E-state index in [1.165, 1.54) is 4.57 Å². The number of aromatic nitrogens is 3. The number of likely N-dealkylation sites (N-methyl/N-ethyl adjacent to an activating group) is 1. The number of rotatable bonds is 2. The smallest absolute Gasteiger partial charge is 0.335 e. The number of fused-ring (bicyclic) bond motifs is 3. The van der Waals surface area contributed by atoms with Gasteiger partial charge in [0.05, 0.1) is 25.0 Å². The summed E-state index contributed by atoms with van der Waals surface area (Å²) in [4.78, 5) is 32.8. The van der Waals surface area contributed by atoms with Gasteiger partial charge in [-0.2, -0.15) is 0 Å². The predicted octanol–water partition coefficient (Wildman–Crippen LogP) is 1.49. The molecule has 1 aliphatic heterocycles. The highest BCUT2D eigenvalue weighted by Crippen LogP contribution is 2.33. The van der Waals surface area contributed by atoms with Crippen molar-refractivity contribution in [1.82, 2.24) is 14.5 Å². The minimum atomic E-state index is -0.648. The maximum absolute atomic E-state index is 13.0. The van der Waals surface area contributed by atoms with Gasteiger partial charge < -0.3 is 15.0 Å². The molecule has 4 aromatic rings. The monoisotopic (exact) mass is 417 g/mol. The zero-order valence-corrected chi connectivity index (χ0v) is 17.7. The van der Waals surface area contributed by atoms with Crippen LogP contribution in [0.15, 0.2) is 52.1 Å². The maximum atomic E-state index is 13.0. The molecule has 0 aliphatic carbocycles. The zero-order chi connectivity index (χ0) is 21.9. The molecule has 7 nitrogen and oxygen atoms in total. The number of nitrogens with zero attached hydrogens (tertiary/aromatic N) is 1. The van der Waals surface area contributed by atoms with Crippen molar-refractivity contribution in [2.75, 3.05) is 13.6 Å². The van der Waals surface area contributed by atoms with E-state index in [9.17, 15) is 14.7 Å². The molecule has 1 unspecified atom stereocenters. The lowest BCUT2D eigenvalue weighted by molar-refractivity contribution is -0.908. The van der Waals surface area contributed by atoms with Crippen LogP contribution in [-0.2, 0) is 6.42 Å². The number of aryl methyl sites for hydroxylation is 1. The first-order valence-corrected chi connectivity index (χ1v) is 10.4. The molecule has 31 heavy (non-hydrogen) atoms. The van der Waals surface area contributed by atoms with Gasteiger partial charge >= 0.3 is 5.69 Å². The molecule has 0 amide bonds. The second kappa shape index (κ2) is 6.99. The van der Waals surface area contributed by atoms with Gasteiger partial charge in [0.1, 0.15) is 5.56 Å². The Morgan fingerprint density at radius 1 is 1.06 bits per heavy atom. The average molecular weight is 417 g/mol. The van der Waals surface area contributed by atoms with Crippen molar-refractivity contribution in [1.29, 1.82) is 0 Å². The van der Waals surface area contributed by atoms with Crippen molar-refractivity contribution in [3.8, 4) is 11.6 Å². The minimum Gasteiger partial charge on any atom is -0.494 e. The summed E-state index contributed by atoms with van der Waals surface area (Å²) in [5, 5.41) is 12.4. The first kappa shape index (κ1) is 19.4. The average Bonchev–Trinajstić information content (AvgIpc) is 3.11. The van der Waals surface area contributed by atoms with Gasteiger partial charge in [-0.25, -0.2) is 9.36 Å². The number of aromatic amines is 2. The van der Waals surface area contributed by atoms with Gasteiger partial charge in [0.25, 0.3) is 5.56 Å². The number of nitrogens with one attached hydrogen (secondary N) is 3. The molecule has 7 heteroatoms. The van der Waals surface area contributed by atoms with Gasteiger partial charge in [-0.1, -0.05) is 30.3 Å². The topological polar surface area (TPSA) is 95.3 Å². The summed E-state index contributed by atoms with van der Waals surface area (Å²) in [6, 6.07) is 13.2. The normalized spacial score (nSPS) is 18.3. The van der Waals surface area contributed by atoms with Gasteiger partial charge in [-0.15, -0.1) is 0 Å². The second-order valence-electron chi connectivity index (χ2n) is 8.39. The molecule has 0 saturated heterocycles. The van der Waals surface area contributed by atoms with Crippen LogP contribution in [0.25, 0.3) is 16.6 Å². The summed E-state index contributed by atoms with van der Waals surface area (Å²) in [7, 11) is 2.01. The van der Waals surface area contributed by atoms with Crippen molar-refractivity contribution in [3.05, 3.63) is 91.3 Å². The van der Waals surface area contributed by atoms with E-state index in [0.717, 1.165) is 51.2 Å². The number of para-hydroxylation sites is 1. The fraction of sp³-hybridized carbons (Fsp3) is 0.250. The molecule has 158 valence electrons. The molecule has 2 aromatic heterocycles. The summed E-state index contributed by atoms with van der Waals surface area (Å²) in [6.45, 7) is 4.65. The summed E-state index contributed by atoms with van der Waals surface area (Å²) in [6.07, 6.45) is 0.872. The van der Waals surface area contributed by atoms with Crippen LogP contribution in [-0.4, -0.2) is 33.2 Å². The Bertz CT molecular complexity index is 1440. The standard InChI is InChI=1S/C24H24N4O3/c1-13-7-6-10-18(14(13)2)28-23(30)19(22(29)26-24(28)31)21-20-16(11-12-27(21)3)15-8-4-5-9-17(15)25-20/h4-10,21,25,30H,11-12H2,1-3H3,(H,26,29,31)/p+1/t21-/m1/s1. The van der Waals surface area contributed by atoms with Crippen LogP contribution in [0.1, 0.15) is 34.0 Å². The van der Waals surface area contributed by atoms with Crippen LogP contribution in [0.2, 0.25) is 0 Å². The van der Waals surface area contributed by atoms with E-state index in [4.69, 9.17) is 0 Å². The summed E-state index contributed by atoms with van der Waals surface area (Å²) in [5.41, 5.74) is 4.50. The first-order valence-electron chi connectivity index (χ1n) is 10.4. The Morgan fingerprint density at radius 3 is 2.65 bits per heavy atom. The molecule has 0 bridgehead atoms. The summed E-state index contributed by atoms with van der Waals surface area (Å²) >= 11 is 0. The van der Waals surface area contributed by atoms with Crippen LogP contribution in [0, 0.1) is 13.8 Å². The summed E-state index contributed by atoms with van der Waals surface area (Å²) in [5.74, 6) is -0.307. The van der Waals surface area contributed by atoms with Gasteiger partial charge in [0, 0.05) is 17.3 Å². The molecule has 0 fully saturated rings. The third-order valence-corrected chi connectivity index (χ3v) is 6.62. The first-order chi connectivity index (χ1) is 14.9. The molecular formula is C24H25N4O3+. The Hall–Kier alpha value is -3.58. The fourth-order valence-corrected chi connectivity index (χ4v) is 4.84. The van der Waals surface area contributed by atoms with E-state index in [2.05, 4.69) is 16.0 Å². The number of benzene rings is 2. The van der Waals surface area contributed by atoms with Gasteiger partial charge in [0.2, 0.25) is 5.88 Å². The van der Waals surface area contributed by atoms with Crippen molar-refractivity contribution < 1.29 is 10.0 Å². The Morgan fingerprint density at radius 2 is 1.84 bits per heavy atom. The number of quaternary nitrogens is 1. The maximum Gasteiger partial charge on any atom is 0.335 e. The van der Waals surface area contributed by atoms with Gasteiger partial charge in [-0.3, -0.25) is 9.78 Å². The molecule has 3 heterocycles. The Kier molecular flexibility index (Phi) is 4.37. The van der Waals surface area contributed by atoms with E-state index in [-0.39, 0.29) is 11.4 Å². The quantitative estimate of drug-likeness (QED) is 0.398. The molecule has 2 aromatic carbocycles. The summed E-state index contributed by atoms with van der Waals surface area (Å²) < 4.78 is 1.21. The molecule has 2 atom stereocenters. The van der Waals surface area contributed by atoms with Crippen LogP contribution < -0.4 is 16.1 Å². The lowest BCUT2D eigenvalue weighted by Crippen LogP contribution is -3.10. The van der Waals surface area contributed by atoms with E-state index in [1.54, 1.807) is 6.07 Å². The third kappa shape index (κ3) is 2.84. The lowest BCUT2D eigenvalue weighted by atomic mass is 9.93. The van der Waals surface area contributed by atoms with Crippen molar-refractivity contribution in [2.24, 2.45) is 0 Å². The second-order valence-corrected chi connectivity index (χ2v) is 8.39. The Labute approximate surface area is 178 Å². The van der Waals surface area contributed by atoms with Crippen LogP contribution >= 0.6 is 0 Å². The fourth-order valence-electron chi connectivity index (χ4n) is 4.84. The lowest BCUT2D eigenvalue weighted by Gasteiger charge is -2.30. The van der Waals surface area contributed by atoms with Crippen molar-refractivity contribution >= 4 is 10.9 Å². The van der Waals surface area contributed by atoms with Crippen molar-refractivity contribution in [3.63, 3.8) is 0 Å². The SMILES string of the molecule is Cc1cccc(-n2c(O)c([C@@H]3c4[nH]c5ccccc5c4CC[NH+]3C)c(=O)[nH]c2=O)c1C. The van der Waals surface area contributed by atoms with Crippen molar-refractivity contribution in [2.45, 2.75) is 26.3 Å². The number of hydrogen-bond donors (Lipinski definition) is 4. The highest BCUT2D eigenvalue weighted by molar-refractivity contribution is 5.85. The zero-order valence-electron chi connectivity index (χ0n) is 17.7. The molecule has 4 N–H and O–H groups in total. The molecular weight excluding hydrogens is 392 g/mol. The van der Waals surface area contributed by atoms with E-state index in [0.29, 0.717) is 5.69 Å². The predicted molar refractivity (Wildman–Crippen MR) is 119 cm³/mol. The molecule has 1 aliphatic rings. The van der Waals surface area contributed by atoms with E-state index in [1.807, 2.05) is 51.2 Å². The molecule has 0 radical (unpaired) electrons. The minimum absolute atomic E-state index is 0.200. The largest absolute Gasteiger partial charge is 0.494 e. The molecule has 0 saturated carbocycles. The highest BCUT2D eigenvalue weighted by atomic mass is 16.3. The van der Waals surface area contributed by atoms with Crippen LogP contribution in [0.4, 0.5) is 0 Å². The highest BCUT2D eigenvalue weighted by Gasteiger charge is 2.38. The van der Waals surface area contributed by atoms with Gasteiger partial charge in [-0.05, 0) is 42.7 Å². The van der Waals surface area contributed by atoms with E-state index >= 15 is 0 Å². The molecule has 0 spiro atoms. The number of H-pyrrole nitrogens is 2. The van der Waals surface area contributed by atoms with Crippen LogP contribution in [0.3, 0.4) is 0 Å².